The summed E-state index contributed by atoms with van der Waals surface area (Å²) in [6.07, 6.45) is 4.23. The number of rotatable bonds is 3. The van der Waals surface area contributed by atoms with E-state index < -0.39 is 29.0 Å². The second-order valence-corrected chi connectivity index (χ2v) is 3.35. The molecule has 6 heteroatoms. The number of aliphatic hydroxyl groups excluding tert-OH is 1. The van der Waals surface area contributed by atoms with Crippen LogP contribution in [0, 0.1) is 16.0 Å². The largest absolute Gasteiger partial charge is 0.476 e. The third-order valence-corrected chi connectivity index (χ3v) is 2.63. The molecule has 0 radical (unpaired) electrons. The second kappa shape index (κ2) is 3.82. The zero-order valence-electron chi connectivity index (χ0n) is 8.08. The van der Waals surface area contributed by atoms with Crippen LogP contribution in [0.3, 0.4) is 0 Å². The van der Waals surface area contributed by atoms with Crippen molar-refractivity contribution in [2.75, 3.05) is 6.61 Å². The van der Waals surface area contributed by atoms with Crippen LogP contribution in [-0.4, -0.2) is 33.3 Å². The van der Waals surface area contributed by atoms with Crippen molar-refractivity contribution in [1.82, 2.24) is 0 Å². The van der Waals surface area contributed by atoms with Crippen LogP contribution in [0.15, 0.2) is 23.8 Å². The van der Waals surface area contributed by atoms with Gasteiger partial charge >= 0.3 is 11.5 Å². The fourth-order valence-corrected chi connectivity index (χ4v) is 1.76. The Hall–Kier alpha value is -1.69. The van der Waals surface area contributed by atoms with Gasteiger partial charge in [-0.25, -0.2) is 4.79 Å². The SMILES string of the molecule is CC1C=CC=C(CO)C1(C(=O)O)[N+](=O)[O-]. The molecule has 15 heavy (non-hydrogen) atoms. The molecule has 0 aromatic heterocycles. The van der Waals surface area contributed by atoms with Crippen LogP contribution in [-0.2, 0) is 4.79 Å². The maximum Gasteiger partial charge on any atom is 0.387 e. The number of nitro groups is 1. The lowest BCUT2D eigenvalue weighted by atomic mass is 9.76. The second-order valence-electron chi connectivity index (χ2n) is 3.35. The van der Waals surface area contributed by atoms with Crippen molar-refractivity contribution in [2.45, 2.75) is 12.5 Å². The fourth-order valence-electron chi connectivity index (χ4n) is 1.76. The molecule has 0 aromatic rings. The van der Waals surface area contributed by atoms with Gasteiger partial charge in [-0.1, -0.05) is 25.2 Å². The van der Waals surface area contributed by atoms with E-state index in [4.69, 9.17) is 10.2 Å². The predicted molar refractivity (Wildman–Crippen MR) is 50.8 cm³/mol. The molecule has 82 valence electrons. The molecule has 1 rings (SSSR count). The molecule has 0 saturated heterocycles. The zero-order valence-corrected chi connectivity index (χ0v) is 8.08. The van der Waals surface area contributed by atoms with Crippen LogP contribution in [0.25, 0.3) is 0 Å². The minimum absolute atomic E-state index is 0.102. The normalized spacial score (nSPS) is 29.7. The summed E-state index contributed by atoms with van der Waals surface area (Å²) in [6, 6.07) is 0. The lowest BCUT2D eigenvalue weighted by Crippen LogP contribution is -2.54. The molecule has 0 amide bonds. The third-order valence-electron chi connectivity index (χ3n) is 2.63. The van der Waals surface area contributed by atoms with Crippen molar-refractivity contribution in [2.24, 2.45) is 5.92 Å². The molecule has 6 nitrogen and oxygen atoms in total. The average molecular weight is 213 g/mol. The average Bonchev–Trinajstić information content (AvgIpc) is 2.16. The first-order valence-corrected chi connectivity index (χ1v) is 4.34. The highest BCUT2D eigenvalue weighted by Crippen LogP contribution is 2.33. The number of carboxylic acids is 1. The van der Waals surface area contributed by atoms with Crippen LogP contribution in [0.4, 0.5) is 0 Å². The van der Waals surface area contributed by atoms with Crippen molar-refractivity contribution >= 4 is 5.97 Å². The molecular weight excluding hydrogens is 202 g/mol. The first-order chi connectivity index (χ1) is 6.97. The monoisotopic (exact) mass is 213 g/mol. The van der Waals surface area contributed by atoms with E-state index in [1.807, 2.05) is 0 Å². The minimum atomic E-state index is -2.23. The Kier molecular flexibility index (Phi) is 2.90. The molecule has 0 bridgehead atoms. The van der Waals surface area contributed by atoms with Crippen molar-refractivity contribution in [3.8, 4) is 0 Å². The van der Waals surface area contributed by atoms with Gasteiger partial charge in [0.05, 0.1) is 12.5 Å². The highest BCUT2D eigenvalue weighted by molar-refractivity contribution is 5.83. The van der Waals surface area contributed by atoms with E-state index in [9.17, 15) is 14.9 Å². The molecule has 1 aliphatic carbocycles. The van der Waals surface area contributed by atoms with Crippen LogP contribution in [0.5, 0.6) is 0 Å². The quantitative estimate of drug-likeness (QED) is 0.515. The molecule has 0 aromatic carbocycles. The number of aliphatic hydroxyl groups is 1. The summed E-state index contributed by atoms with van der Waals surface area (Å²) in [6.45, 7) is 0.804. The lowest BCUT2D eigenvalue weighted by Gasteiger charge is -2.28. The van der Waals surface area contributed by atoms with E-state index in [1.165, 1.54) is 25.2 Å². The van der Waals surface area contributed by atoms with Gasteiger partial charge in [0.15, 0.2) is 0 Å². The highest BCUT2D eigenvalue weighted by atomic mass is 16.6. The van der Waals surface area contributed by atoms with Gasteiger partial charge in [0, 0.05) is 10.5 Å². The summed E-state index contributed by atoms with van der Waals surface area (Å²) in [5.74, 6) is -2.35. The van der Waals surface area contributed by atoms with E-state index in [0.29, 0.717) is 0 Å². The molecular formula is C9H11NO5. The number of aliphatic carboxylic acids is 1. The van der Waals surface area contributed by atoms with Gasteiger partial charge in [-0.3, -0.25) is 10.1 Å². The minimum Gasteiger partial charge on any atom is -0.476 e. The summed E-state index contributed by atoms with van der Waals surface area (Å²) in [7, 11) is 0. The number of hydrogen-bond donors (Lipinski definition) is 2. The number of hydrogen-bond acceptors (Lipinski definition) is 4. The third kappa shape index (κ3) is 1.42. The van der Waals surface area contributed by atoms with E-state index in [-0.39, 0.29) is 5.57 Å². The lowest BCUT2D eigenvalue weighted by molar-refractivity contribution is -0.551. The van der Waals surface area contributed by atoms with E-state index in [1.54, 1.807) is 0 Å². The van der Waals surface area contributed by atoms with Crippen LogP contribution in [0.2, 0.25) is 0 Å². The van der Waals surface area contributed by atoms with E-state index >= 15 is 0 Å². The summed E-state index contributed by atoms with van der Waals surface area (Å²) >= 11 is 0. The van der Waals surface area contributed by atoms with Crippen molar-refractivity contribution in [1.29, 1.82) is 0 Å². The molecule has 2 unspecified atom stereocenters. The van der Waals surface area contributed by atoms with Gasteiger partial charge in [0.2, 0.25) is 0 Å². The Labute approximate surface area is 85.7 Å². The number of allylic oxidation sites excluding steroid dienone is 2. The molecule has 0 fully saturated rings. The molecule has 2 N–H and O–H groups in total. The van der Waals surface area contributed by atoms with Gasteiger partial charge < -0.3 is 10.2 Å². The van der Waals surface area contributed by atoms with Gasteiger partial charge in [0.25, 0.3) is 0 Å². The first-order valence-electron chi connectivity index (χ1n) is 4.34. The maximum atomic E-state index is 11.1. The Morgan fingerprint density at radius 3 is 2.67 bits per heavy atom. The van der Waals surface area contributed by atoms with Gasteiger partial charge in [-0.05, 0) is 0 Å². The Morgan fingerprint density at radius 1 is 1.73 bits per heavy atom. The first kappa shape index (κ1) is 11.4. The van der Waals surface area contributed by atoms with Crippen LogP contribution in [0.1, 0.15) is 6.92 Å². The Morgan fingerprint density at radius 2 is 2.33 bits per heavy atom. The van der Waals surface area contributed by atoms with Gasteiger partial charge in [-0.15, -0.1) is 0 Å². The molecule has 0 spiro atoms. The molecule has 2 atom stereocenters. The van der Waals surface area contributed by atoms with Crippen LogP contribution >= 0.6 is 0 Å². The van der Waals surface area contributed by atoms with Gasteiger partial charge in [-0.2, -0.15) is 0 Å². The standard InChI is InChI=1S/C9H11NO5/c1-6-3-2-4-7(5-11)9(6,8(12)13)10(14)15/h2-4,6,11H,5H2,1H3,(H,12,13). The highest BCUT2D eigenvalue weighted by Gasteiger charge is 2.58. The number of carbonyl (C=O) groups is 1. The summed E-state index contributed by atoms with van der Waals surface area (Å²) in [5.41, 5.74) is -2.33. The smallest absolute Gasteiger partial charge is 0.387 e. The predicted octanol–water partition coefficient (Wildman–Crippen LogP) is 0.211. The summed E-state index contributed by atoms with van der Waals surface area (Å²) < 4.78 is 0. The van der Waals surface area contributed by atoms with Gasteiger partial charge in [0.1, 0.15) is 0 Å². The number of carboxylic acid groups (broad SMARTS) is 1. The molecule has 1 aliphatic rings. The topological polar surface area (TPSA) is 101 Å². The van der Waals surface area contributed by atoms with E-state index in [0.717, 1.165) is 0 Å². The van der Waals surface area contributed by atoms with Crippen molar-refractivity contribution < 1.29 is 19.9 Å². The fraction of sp³-hybridized carbons (Fsp3) is 0.444. The Bertz CT molecular complexity index is 344. The molecule has 0 aliphatic heterocycles. The maximum absolute atomic E-state index is 11.1. The number of nitrogens with zero attached hydrogens (tertiary/aromatic N) is 1. The van der Waals surface area contributed by atoms with E-state index in [2.05, 4.69) is 0 Å². The molecule has 0 saturated carbocycles. The summed E-state index contributed by atoms with van der Waals surface area (Å²) in [5, 5.41) is 28.9. The van der Waals surface area contributed by atoms with Crippen LogP contribution < -0.4 is 0 Å². The van der Waals surface area contributed by atoms with Crippen molar-refractivity contribution in [3.63, 3.8) is 0 Å². The summed E-state index contributed by atoms with van der Waals surface area (Å²) in [4.78, 5) is 21.2. The zero-order chi connectivity index (χ0) is 11.6. The molecule has 0 heterocycles. The Balaban J connectivity index is 3.37. The van der Waals surface area contributed by atoms with Crippen molar-refractivity contribution in [3.05, 3.63) is 33.9 Å².